The zero-order chi connectivity index (χ0) is 19.1. The fourth-order valence-electron chi connectivity index (χ4n) is 2.21. The van der Waals surface area contributed by atoms with E-state index in [1.54, 1.807) is 24.3 Å². The van der Waals surface area contributed by atoms with Crippen molar-refractivity contribution in [1.29, 1.82) is 0 Å². The Bertz CT molecular complexity index is 792. The monoisotopic (exact) mass is 357 g/mol. The second-order valence-electron chi connectivity index (χ2n) is 5.74. The maximum Gasteiger partial charge on any atom is 0.274 e. The van der Waals surface area contributed by atoms with Crippen molar-refractivity contribution >= 4 is 17.5 Å². The Balaban J connectivity index is 2.15. The predicted octanol–water partition coefficient (Wildman–Crippen LogP) is 2.88. The summed E-state index contributed by atoms with van der Waals surface area (Å²) in [5.74, 6) is 0.407. The number of rotatable bonds is 7. The Morgan fingerprint density at radius 2 is 1.81 bits per heavy atom. The molecule has 0 fully saturated rings. The summed E-state index contributed by atoms with van der Waals surface area (Å²) in [4.78, 5) is 28.7. The highest BCUT2D eigenvalue weighted by atomic mass is 16.5. The number of carbonyl (C=O) groups is 2. The fraction of sp³-hybridized carbons (Fsp3) is 0.316. The summed E-state index contributed by atoms with van der Waals surface area (Å²) in [5.41, 5.74) is 1.07. The molecule has 1 heterocycles. The van der Waals surface area contributed by atoms with Crippen LogP contribution in [0.4, 0.5) is 5.69 Å². The predicted molar refractivity (Wildman–Crippen MR) is 99.0 cm³/mol. The summed E-state index contributed by atoms with van der Waals surface area (Å²) in [6.07, 6.45) is 2.26. The molecule has 0 aliphatic carbocycles. The zero-order valence-electron chi connectivity index (χ0n) is 15.3. The highest BCUT2D eigenvalue weighted by Crippen LogP contribution is 2.29. The number of hydrogen-bond acceptors (Lipinski definition) is 5. The van der Waals surface area contributed by atoms with Crippen molar-refractivity contribution in [2.45, 2.75) is 26.3 Å². The summed E-state index contributed by atoms with van der Waals surface area (Å²) >= 11 is 0. The van der Waals surface area contributed by atoms with E-state index in [0.29, 0.717) is 22.7 Å². The van der Waals surface area contributed by atoms with Crippen LogP contribution < -0.4 is 20.1 Å². The number of methoxy groups -OCH3 is 2. The van der Waals surface area contributed by atoms with Gasteiger partial charge in [0, 0.05) is 29.6 Å². The van der Waals surface area contributed by atoms with Gasteiger partial charge < -0.3 is 20.1 Å². The lowest BCUT2D eigenvalue weighted by Crippen LogP contribution is -2.32. The third kappa shape index (κ3) is 4.72. The third-order valence-corrected chi connectivity index (χ3v) is 3.89. The SMILES string of the molecule is CCC(C)NC(=O)c1ccnc(C(=O)Nc2ccc(OC)c(OC)c2)c1. The Morgan fingerprint density at radius 1 is 1.08 bits per heavy atom. The first-order valence-corrected chi connectivity index (χ1v) is 8.28. The van der Waals surface area contributed by atoms with Crippen molar-refractivity contribution in [3.8, 4) is 11.5 Å². The molecular weight excluding hydrogens is 334 g/mol. The molecule has 0 radical (unpaired) electrons. The van der Waals surface area contributed by atoms with E-state index in [1.807, 2.05) is 13.8 Å². The van der Waals surface area contributed by atoms with Crippen LogP contribution in [0.25, 0.3) is 0 Å². The van der Waals surface area contributed by atoms with Crippen molar-refractivity contribution in [2.24, 2.45) is 0 Å². The van der Waals surface area contributed by atoms with E-state index in [9.17, 15) is 9.59 Å². The molecule has 1 unspecified atom stereocenters. The van der Waals surface area contributed by atoms with Crippen molar-refractivity contribution in [3.63, 3.8) is 0 Å². The third-order valence-electron chi connectivity index (χ3n) is 3.89. The molecule has 0 spiro atoms. The molecule has 2 rings (SSSR count). The van der Waals surface area contributed by atoms with Gasteiger partial charge in [-0.2, -0.15) is 0 Å². The van der Waals surface area contributed by atoms with E-state index < -0.39 is 5.91 Å². The number of nitrogens with zero attached hydrogens (tertiary/aromatic N) is 1. The molecule has 0 saturated carbocycles. The Kier molecular flexibility index (Phi) is 6.54. The molecule has 0 bridgehead atoms. The highest BCUT2D eigenvalue weighted by molar-refractivity contribution is 6.04. The Hall–Kier alpha value is -3.09. The van der Waals surface area contributed by atoms with Gasteiger partial charge in [0.1, 0.15) is 5.69 Å². The van der Waals surface area contributed by atoms with Crippen molar-refractivity contribution in [2.75, 3.05) is 19.5 Å². The molecule has 1 aromatic carbocycles. The number of nitrogens with one attached hydrogen (secondary N) is 2. The van der Waals surface area contributed by atoms with Crippen LogP contribution in [-0.2, 0) is 0 Å². The minimum atomic E-state index is -0.421. The normalized spacial score (nSPS) is 11.4. The highest BCUT2D eigenvalue weighted by Gasteiger charge is 2.14. The molecule has 26 heavy (non-hydrogen) atoms. The topological polar surface area (TPSA) is 89.6 Å². The van der Waals surface area contributed by atoms with Gasteiger partial charge >= 0.3 is 0 Å². The number of hydrogen-bond donors (Lipinski definition) is 2. The van der Waals surface area contributed by atoms with Gasteiger partial charge in [-0.25, -0.2) is 0 Å². The first-order chi connectivity index (χ1) is 12.5. The lowest BCUT2D eigenvalue weighted by Gasteiger charge is -2.12. The van der Waals surface area contributed by atoms with E-state index >= 15 is 0 Å². The van der Waals surface area contributed by atoms with E-state index in [2.05, 4.69) is 15.6 Å². The number of pyridine rings is 1. The summed E-state index contributed by atoms with van der Waals surface area (Å²) in [6, 6.07) is 8.13. The number of benzene rings is 1. The minimum absolute atomic E-state index is 0.0553. The molecule has 0 aliphatic heterocycles. The first kappa shape index (κ1) is 19.2. The van der Waals surface area contributed by atoms with E-state index in [-0.39, 0.29) is 17.6 Å². The van der Waals surface area contributed by atoms with Crippen LogP contribution in [0, 0.1) is 0 Å². The van der Waals surface area contributed by atoms with Gasteiger partial charge in [-0.05, 0) is 37.6 Å². The molecule has 0 aliphatic rings. The largest absolute Gasteiger partial charge is 0.493 e. The number of carbonyl (C=O) groups excluding carboxylic acids is 2. The molecule has 1 atom stereocenters. The summed E-state index contributed by atoms with van der Waals surface area (Å²) in [7, 11) is 3.06. The van der Waals surface area contributed by atoms with Gasteiger partial charge in [-0.15, -0.1) is 0 Å². The Labute approximate surface area is 152 Å². The van der Waals surface area contributed by atoms with Crippen LogP contribution >= 0.6 is 0 Å². The number of ether oxygens (including phenoxy) is 2. The van der Waals surface area contributed by atoms with Gasteiger partial charge in [0.2, 0.25) is 0 Å². The summed E-state index contributed by atoms with van der Waals surface area (Å²) < 4.78 is 10.4. The van der Waals surface area contributed by atoms with E-state index in [0.717, 1.165) is 6.42 Å². The molecule has 138 valence electrons. The number of aromatic nitrogens is 1. The van der Waals surface area contributed by atoms with Crippen LogP contribution in [0.1, 0.15) is 41.1 Å². The fourth-order valence-corrected chi connectivity index (χ4v) is 2.21. The van der Waals surface area contributed by atoms with Gasteiger partial charge in [0.05, 0.1) is 14.2 Å². The summed E-state index contributed by atoms with van der Waals surface area (Å²) in [5, 5.41) is 5.59. The second kappa shape index (κ2) is 8.84. The zero-order valence-corrected chi connectivity index (χ0v) is 15.3. The van der Waals surface area contributed by atoms with Crippen molar-refractivity contribution in [3.05, 3.63) is 47.8 Å². The summed E-state index contributed by atoms with van der Waals surface area (Å²) in [6.45, 7) is 3.91. The molecular formula is C19H23N3O4. The maximum atomic E-state index is 12.4. The smallest absolute Gasteiger partial charge is 0.274 e. The second-order valence-corrected chi connectivity index (χ2v) is 5.74. The quantitative estimate of drug-likeness (QED) is 0.795. The molecule has 2 amide bonds. The Morgan fingerprint density at radius 3 is 2.46 bits per heavy atom. The van der Waals surface area contributed by atoms with Crippen LogP contribution in [-0.4, -0.2) is 37.1 Å². The van der Waals surface area contributed by atoms with E-state index in [1.165, 1.54) is 26.5 Å². The van der Waals surface area contributed by atoms with E-state index in [4.69, 9.17) is 9.47 Å². The standard InChI is InChI=1S/C19H23N3O4/c1-5-12(2)21-18(23)13-8-9-20-15(10-13)19(24)22-14-6-7-16(25-3)17(11-14)26-4/h6-12H,5H2,1-4H3,(H,21,23)(H,22,24). The van der Waals surface area contributed by atoms with Crippen molar-refractivity contribution in [1.82, 2.24) is 10.3 Å². The van der Waals surface area contributed by atoms with Crippen molar-refractivity contribution < 1.29 is 19.1 Å². The lowest BCUT2D eigenvalue weighted by molar-refractivity contribution is 0.0939. The van der Waals surface area contributed by atoms with Crippen LogP contribution in [0.5, 0.6) is 11.5 Å². The minimum Gasteiger partial charge on any atom is -0.493 e. The molecule has 0 saturated heterocycles. The maximum absolute atomic E-state index is 12.4. The molecule has 7 nitrogen and oxygen atoms in total. The number of anilines is 1. The first-order valence-electron chi connectivity index (χ1n) is 8.28. The van der Waals surface area contributed by atoms with Crippen LogP contribution in [0.2, 0.25) is 0 Å². The lowest BCUT2D eigenvalue weighted by atomic mass is 10.2. The van der Waals surface area contributed by atoms with Gasteiger partial charge in [0.15, 0.2) is 11.5 Å². The van der Waals surface area contributed by atoms with Crippen LogP contribution in [0.3, 0.4) is 0 Å². The molecule has 1 aromatic heterocycles. The van der Waals surface area contributed by atoms with Crippen LogP contribution in [0.15, 0.2) is 36.5 Å². The molecule has 2 N–H and O–H groups in total. The van der Waals surface area contributed by atoms with Gasteiger partial charge in [-0.3, -0.25) is 14.6 Å². The number of amides is 2. The van der Waals surface area contributed by atoms with Gasteiger partial charge in [-0.1, -0.05) is 6.92 Å². The molecule has 7 heteroatoms. The average Bonchev–Trinajstić information content (AvgIpc) is 2.67. The van der Waals surface area contributed by atoms with Gasteiger partial charge in [0.25, 0.3) is 11.8 Å². The molecule has 2 aromatic rings. The average molecular weight is 357 g/mol.